The Bertz CT molecular complexity index is 1040. The number of thioether (sulfide) groups is 1. The highest BCUT2D eigenvalue weighted by Crippen LogP contribution is 2.29. The summed E-state index contributed by atoms with van der Waals surface area (Å²) in [4.78, 5) is 16.4. The predicted octanol–water partition coefficient (Wildman–Crippen LogP) is 4.29. The fourth-order valence-electron chi connectivity index (χ4n) is 3.85. The third kappa shape index (κ3) is 5.26. The molecule has 32 heavy (non-hydrogen) atoms. The van der Waals surface area contributed by atoms with E-state index in [1.54, 1.807) is 11.8 Å². The van der Waals surface area contributed by atoms with Crippen molar-refractivity contribution < 1.29 is 18.5 Å². The quantitative estimate of drug-likeness (QED) is 0.508. The lowest BCUT2D eigenvalue weighted by molar-refractivity contribution is 0.0117. The Balaban J connectivity index is 1.45. The number of nitrogens with zero attached hydrogens (tertiary/aromatic N) is 2. The van der Waals surface area contributed by atoms with Crippen molar-refractivity contribution in [2.24, 2.45) is 0 Å². The molecule has 1 N–H and O–H groups in total. The van der Waals surface area contributed by atoms with E-state index in [0.29, 0.717) is 31.1 Å². The van der Waals surface area contributed by atoms with Gasteiger partial charge in [-0.15, -0.1) is 11.8 Å². The van der Waals surface area contributed by atoms with Gasteiger partial charge in [0.15, 0.2) is 0 Å². The van der Waals surface area contributed by atoms with Crippen molar-refractivity contribution in [3.8, 4) is 0 Å². The van der Waals surface area contributed by atoms with Gasteiger partial charge in [0, 0.05) is 35.8 Å². The highest BCUT2D eigenvalue weighted by molar-refractivity contribution is 7.98. The Kier molecular flexibility index (Phi) is 7.34. The number of hydrogen-bond acceptors (Lipinski definition) is 7. The van der Waals surface area contributed by atoms with Crippen LogP contribution in [0.15, 0.2) is 50.2 Å². The smallest absolute Gasteiger partial charge is 0.252 e. The molecule has 7 nitrogen and oxygen atoms in total. The molecule has 0 spiro atoms. The Morgan fingerprint density at radius 2 is 1.94 bits per heavy atom. The zero-order chi connectivity index (χ0) is 22.5. The lowest BCUT2D eigenvalue weighted by Gasteiger charge is -2.33. The number of hydrogen-bond donors (Lipinski definition) is 1. The van der Waals surface area contributed by atoms with Crippen LogP contribution in [-0.2, 0) is 10.5 Å². The zero-order valence-corrected chi connectivity index (χ0v) is 19.5. The van der Waals surface area contributed by atoms with Gasteiger partial charge in [-0.05, 0) is 45.0 Å². The van der Waals surface area contributed by atoms with Crippen molar-refractivity contribution in [2.45, 2.75) is 37.5 Å². The number of ether oxygens (including phenoxy) is 1. The van der Waals surface area contributed by atoms with Gasteiger partial charge in [-0.2, -0.15) is 0 Å². The fourth-order valence-corrected chi connectivity index (χ4v) is 5.06. The van der Waals surface area contributed by atoms with Crippen LogP contribution in [0.1, 0.15) is 44.9 Å². The third-order valence-corrected chi connectivity index (χ3v) is 6.82. The molecule has 0 bridgehead atoms. The number of benzene rings is 1. The van der Waals surface area contributed by atoms with Crippen molar-refractivity contribution in [3.63, 3.8) is 0 Å². The first-order valence-corrected chi connectivity index (χ1v) is 11.8. The molecule has 8 heteroatoms. The summed E-state index contributed by atoms with van der Waals surface area (Å²) in [7, 11) is 0. The molecule has 0 radical (unpaired) electrons. The van der Waals surface area contributed by atoms with Gasteiger partial charge < -0.3 is 19.0 Å². The van der Waals surface area contributed by atoms with E-state index in [-0.39, 0.29) is 11.9 Å². The minimum atomic E-state index is -0.0894. The standard InChI is InChI=1S/C24H29N3O4S/c1-16-8-9-22(30-16)21(27-10-12-29-13-11-27)14-25-24(28)19-6-4-5-7-23(19)32-15-20-17(2)26-31-18(20)3/h4-9,21H,10-15H2,1-3H3,(H,25,28). The summed E-state index contributed by atoms with van der Waals surface area (Å²) in [6, 6.07) is 11.6. The Morgan fingerprint density at radius 3 is 2.62 bits per heavy atom. The predicted molar refractivity (Wildman–Crippen MR) is 123 cm³/mol. The molecule has 2 aromatic heterocycles. The van der Waals surface area contributed by atoms with Gasteiger partial charge in [-0.25, -0.2) is 0 Å². The van der Waals surface area contributed by atoms with Crippen LogP contribution in [0.5, 0.6) is 0 Å². The molecule has 1 amide bonds. The molecule has 1 fully saturated rings. The van der Waals surface area contributed by atoms with Crippen LogP contribution in [0, 0.1) is 20.8 Å². The molecule has 1 aliphatic heterocycles. The van der Waals surface area contributed by atoms with Gasteiger partial charge in [0.1, 0.15) is 17.3 Å². The van der Waals surface area contributed by atoms with Crippen LogP contribution in [0.25, 0.3) is 0 Å². The number of amides is 1. The first kappa shape index (κ1) is 22.6. The van der Waals surface area contributed by atoms with Gasteiger partial charge in [-0.1, -0.05) is 17.3 Å². The van der Waals surface area contributed by atoms with Gasteiger partial charge in [-0.3, -0.25) is 9.69 Å². The highest BCUT2D eigenvalue weighted by atomic mass is 32.2. The number of nitrogens with one attached hydrogen (secondary N) is 1. The Labute approximate surface area is 192 Å². The van der Waals surface area contributed by atoms with Crippen molar-refractivity contribution in [3.05, 3.63) is 70.5 Å². The number of morpholine rings is 1. The second kappa shape index (κ2) is 10.4. The van der Waals surface area contributed by atoms with Crippen molar-refractivity contribution in [2.75, 3.05) is 32.8 Å². The monoisotopic (exact) mass is 455 g/mol. The molecule has 0 saturated carbocycles. The van der Waals surface area contributed by atoms with Crippen molar-refractivity contribution >= 4 is 17.7 Å². The fraction of sp³-hybridized carbons (Fsp3) is 0.417. The maximum Gasteiger partial charge on any atom is 0.252 e. The number of aromatic nitrogens is 1. The van der Waals surface area contributed by atoms with E-state index in [0.717, 1.165) is 46.5 Å². The molecular weight excluding hydrogens is 426 g/mol. The van der Waals surface area contributed by atoms with E-state index >= 15 is 0 Å². The van der Waals surface area contributed by atoms with Gasteiger partial charge in [0.2, 0.25) is 0 Å². The second-order valence-electron chi connectivity index (χ2n) is 7.91. The molecule has 1 aliphatic rings. The van der Waals surface area contributed by atoms with E-state index in [9.17, 15) is 4.79 Å². The number of furan rings is 1. The summed E-state index contributed by atoms with van der Waals surface area (Å²) in [5.41, 5.74) is 2.63. The maximum atomic E-state index is 13.2. The Morgan fingerprint density at radius 1 is 1.16 bits per heavy atom. The summed E-state index contributed by atoms with van der Waals surface area (Å²) in [5.74, 6) is 3.16. The minimum Gasteiger partial charge on any atom is -0.465 e. The molecule has 1 saturated heterocycles. The van der Waals surface area contributed by atoms with Crippen LogP contribution < -0.4 is 5.32 Å². The summed E-state index contributed by atoms with van der Waals surface area (Å²) >= 11 is 1.62. The van der Waals surface area contributed by atoms with Gasteiger partial charge >= 0.3 is 0 Å². The third-order valence-electron chi connectivity index (χ3n) is 5.72. The number of aryl methyl sites for hydroxylation is 3. The molecule has 170 valence electrons. The minimum absolute atomic E-state index is 0.0290. The van der Waals surface area contributed by atoms with Crippen molar-refractivity contribution in [1.82, 2.24) is 15.4 Å². The first-order chi connectivity index (χ1) is 15.5. The summed E-state index contributed by atoms with van der Waals surface area (Å²) < 4.78 is 16.7. The van der Waals surface area contributed by atoms with E-state index in [2.05, 4.69) is 15.4 Å². The van der Waals surface area contributed by atoms with Gasteiger partial charge in [0.25, 0.3) is 5.91 Å². The molecule has 1 unspecified atom stereocenters. The van der Waals surface area contributed by atoms with E-state index < -0.39 is 0 Å². The van der Waals surface area contributed by atoms with Crippen LogP contribution in [-0.4, -0.2) is 48.8 Å². The zero-order valence-electron chi connectivity index (χ0n) is 18.7. The second-order valence-corrected chi connectivity index (χ2v) is 8.93. The largest absolute Gasteiger partial charge is 0.465 e. The lowest BCUT2D eigenvalue weighted by Crippen LogP contribution is -2.43. The average Bonchev–Trinajstić information content (AvgIpc) is 3.38. The molecule has 1 atom stereocenters. The van der Waals surface area contributed by atoms with Crippen molar-refractivity contribution in [1.29, 1.82) is 0 Å². The van der Waals surface area contributed by atoms with E-state index in [4.69, 9.17) is 13.7 Å². The molecular formula is C24H29N3O4S. The average molecular weight is 456 g/mol. The maximum absolute atomic E-state index is 13.2. The number of carbonyl (C=O) groups excluding carboxylic acids is 1. The summed E-state index contributed by atoms with van der Waals surface area (Å²) in [5, 5.41) is 7.15. The topological polar surface area (TPSA) is 80.7 Å². The SMILES string of the molecule is Cc1ccc(C(CNC(=O)c2ccccc2SCc2c(C)noc2C)N2CCOCC2)o1. The molecule has 3 aromatic rings. The van der Waals surface area contributed by atoms with Crippen LogP contribution in [0.3, 0.4) is 0 Å². The first-order valence-electron chi connectivity index (χ1n) is 10.8. The van der Waals surface area contributed by atoms with Gasteiger partial charge in [0.05, 0.1) is 30.5 Å². The van der Waals surface area contributed by atoms with Crippen LogP contribution >= 0.6 is 11.8 Å². The molecule has 1 aromatic carbocycles. The van der Waals surface area contributed by atoms with Crippen LogP contribution in [0.2, 0.25) is 0 Å². The Hall–Kier alpha value is -2.55. The summed E-state index contributed by atoms with van der Waals surface area (Å²) in [6.45, 7) is 9.24. The number of carbonyl (C=O) groups is 1. The molecule has 4 rings (SSSR count). The summed E-state index contributed by atoms with van der Waals surface area (Å²) in [6.07, 6.45) is 0. The van der Waals surface area contributed by atoms with Crippen LogP contribution in [0.4, 0.5) is 0 Å². The highest BCUT2D eigenvalue weighted by Gasteiger charge is 2.26. The van der Waals surface area contributed by atoms with E-state index in [1.165, 1.54) is 0 Å². The number of rotatable bonds is 8. The lowest BCUT2D eigenvalue weighted by atomic mass is 10.1. The normalized spacial score (nSPS) is 15.6. The van der Waals surface area contributed by atoms with E-state index in [1.807, 2.05) is 57.2 Å². The molecule has 0 aliphatic carbocycles. The molecule has 3 heterocycles.